The summed E-state index contributed by atoms with van der Waals surface area (Å²) < 4.78 is 24.5. The van der Waals surface area contributed by atoms with Gasteiger partial charge in [-0.15, -0.1) is 0 Å². The average Bonchev–Trinajstić information content (AvgIpc) is 2.83. The number of nitrogens with zero attached hydrogens (tertiary/aromatic N) is 1. The van der Waals surface area contributed by atoms with Crippen molar-refractivity contribution >= 4 is 17.7 Å². The Morgan fingerprint density at radius 2 is 1.79 bits per heavy atom. The highest BCUT2D eigenvalue weighted by Gasteiger charge is 2.35. The number of halogens is 1. The van der Waals surface area contributed by atoms with Crippen molar-refractivity contribution < 1.29 is 23.5 Å². The third-order valence-corrected chi connectivity index (χ3v) is 5.71. The molecular formula is C26H25FN2O4. The van der Waals surface area contributed by atoms with Crippen molar-refractivity contribution in [2.75, 3.05) is 12.0 Å². The molecule has 1 heterocycles. The molecule has 0 saturated heterocycles. The first-order valence-electron chi connectivity index (χ1n) is 10.7. The van der Waals surface area contributed by atoms with Crippen molar-refractivity contribution in [1.29, 1.82) is 0 Å². The minimum absolute atomic E-state index is 0.0805. The highest BCUT2D eigenvalue weighted by atomic mass is 19.1. The number of benzene rings is 3. The lowest BCUT2D eigenvalue weighted by molar-refractivity contribution is 0.0971. The van der Waals surface area contributed by atoms with Gasteiger partial charge in [0, 0.05) is 17.3 Å². The van der Waals surface area contributed by atoms with E-state index in [0.29, 0.717) is 12.1 Å². The molecule has 1 N–H and O–H groups in total. The van der Waals surface area contributed by atoms with E-state index < -0.39 is 11.9 Å². The second-order valence-corrected chi connectivity index (χ2v) is 7.93. The molecule has 7 heteroatoms. The number of methoxy groups -OCH3 is 1. The first-order chi connectivity index (χ1) is 16.0. The number of para-hydroxylation sites is 1. The largest absolute Gasteiger partial charge is 0.494 e. The highest BCUT2D eigenvalue weighted by molar-refractivity contribution is 6.07. The summed E-state index contributed by atoms with van der Waals surface area (Å²) in [4.78, 5) is 27.4. The van der Waals surface area contributed by atoms with Gasteiger partial charge in [-0.1, -0.05) is 48.5 Å². The van der Waals surface area contributed by atoms with Gasteiger partial charge in [-0.05, 0) is 48.7 Å². The minimum atomic E-state index is -0.595. The number of hydrogen-bond donors (Lipinski definition) is 1. The molecular weight excluding hydrogens is 423 g/mol. The first kappa shape index (κ1) is 22.3. The number of amides is 2. The number of nitrogens with one attached hydrogen (secondary N) is 1. The van der Waals surface area contributed by atoms with Gasteiger partial charge in [0.2, 0.25) is 0 Å². The SMILES string of the molecule is COc1ccc(C(=O)N2c3ccccc3[C@H](NC(=O)OCc3ccccc3)C[C@@H]2C)cc1F. The predicted molar refractivity (Wildman–Crippen MR) is 123 cm³/mol. The van der Waals surface area contributed by atoms with Gasteiger partial charge < -0.3 is 19.7 Å². The zero-order valence-electron chi connectivity index (χ0n) is 18.5. The number of rotatable bonds is 5. The highest BCUT2D eigenvalue weighted by Crippen LogP contribution is 2.38. The van der Waals surface area contributed by atoms with Gasteiger partial charge >= 0.3 is 6.09 Å². The summed E-state index contributed by atoms with van der Waals surface area (Å²) >= 11 is 0. The van der Waals surface area contributed by atoms with Crippen LogP contribution in [0.5, 0.6) is 5.75 Å². The first-order valence-corrected chi connectivity index (χ1v) is 10.7. The summed E-state index contributed by atoms with van der Waals surface area (Å²) in [6, 6.07) is 20.4. The van der Waals surface area contributed by atoms with E-state index in [1.165, 1.54) is 19.2 Å². The Morgan fingerprint density at radius 3 is 2.52 bits per heavy atom. The Labute approximate surface area is 191 Å². The number of anilines is 1. The molecule has 3 aromatic rings. The Balaban J connectivity index is 1.53. The van der Waals surface area contributed by atoms with Crippen molar-refractivity contribution in [3.8, 4) is 5.75 Å². The van der Waals surface area contributed by atoms with Crippen LogP contribution in [-0.2, 0) is 11.3 Å². The molecule has 0 bridgehead atoms. The third kappa shape index (κ3) is 4.82. The molecule has 6 nitrogen and oxygen atoms in total. The van der Waals surface area contributed by atoms with Gasteiger partial charge in [0.25, 0.3) is 5.91 Å². The minimum Gasteiger partial charge on any atom is -0.494 e. The summed E-state index contributed by atoms with van der Waals surface area (Å²) in [6.45, 7) is 2.07. The van der Waals surface area contributed by atoms with Gasteiger partial charge in [-0.2, -0.15) is 0 Å². The van der Waals surface area contributed by atoms with Crippen molar-refractivity contribution in [2.24, 2.45) is 0 Å². The maximum absolute atomic E-state index is 14.2. The molecule has 1 aliphatic heterocycles. The Bertz CT molecular complexity index is 1150. The fraction of sp³-hybridized carbons (Fsp3) is 0.231. The zero-order valence-corrected chi connectivity index (χ0v) is 18.5. The van der Waals surface area contributed by atoms with Crippen LogP contribution < -0.4 is 15.0 Å². The maximum atomic E-state index is 14.2. The van der Waals surface area contributed by atoms with Crippen LogP contribution in [0.4, 0.5) is 14.9 Å². The van der Waals surface area contributed by atoms with Crippen LogP contribution in [-0.4, -0.2) is 25.2 Å². The Morgan fingerprint density at radius 1 is 1.06 bits per heavy atom. The van der Waals surface area contributed by atoms with E-state index in [2.05, 4.69) is 5.32 Å². The summed E-state index contributed by atoms with van der Waals surface area (Å²) in [7, 11) is 1.38. The van der Waals surface area contributed by atoms with Gasteiger partial charge in [-0.25, -0.2) is 9.18 Å². The maximum Gasteiger partial charge on any atom is 0.407 e. The van der Waals surface area contributed by atoms with E-state index in [9.17, 15) is 14.0 Å². The Kier molecular flexibility index (Phi) is 6.58. The smallest absolute Gasteiger partial charge is 0.407 e. The summed E-state index contributed by atoms with van der Waals surface area (Å²) in [5.41, 5.74) is 2.60. The second-order valence-electron chi connectivity index (χ2n) is 7.93. The number of fused-ring (bicyclic) bond motifs is 1. The monoisotopic (exact) mass is 448 g/mol. The molecule has 0 saturated carbocycles. The van der Waals surface area contributed by atoms with E-state index in [1.807, 2.05) is 61.5 Å². The molecule has 33 heavy (non-hydrogen) atoms. The number of carbonyl (C=O) groups is 2. The molecule has 0 spiro atoms. The second kappa shape index (κ2) is 9.73. The van der Waals surface area contributed by atoms with Crippen molar-refractivity contribution in [1.82, 2.24) is 5.32 Å². The van der Waals surface area contributed by atoms with E-state index >= 15 is 0 Å². The molecule has 0 unspecified atom stereocenters. The standard InChI is InChI=1S/C26H25FN2O4/c1-17-14-22(28-26(31)33-16-18-8-4-3-5-9-18)20-10-6-7-11-23(20)29(17)25(30)19-12-13-24(32-2)21(27)15-19/h3-13,15,17,22H,14,16H2,1-2H3,(H,28,31)/t17-,22+/m0/s1. The van der Waals surface area contributed by atoms with Crippen LogP contribution >= 0.6 is 0 Å². The molecule has 170 valence electrons. The molecule has 3 aromatic carbocycles. The summed E-state index contributed by atoms with van der Waals surface area (Å²) in [5.74, 6) is -0.833. The molecule has 0 aliphatic carbocycles. The molecule has 0 fully saturated rings. The van der Waals surface area contributed by atoms with Gasteiger partial charge in [0.1, 0.15) is 6.61 Å². The van der Waals surface area contributed by atoms with Crippen molar-refractivity contribution in [3.05, 3.63) is 95.3 Å². The fourth-order valence-corrected chi connectivity index (χ4v) is 4.10. The van der Waals surface area contributed by atoms with Crippen molar-refractivity contribution in [2.45, 2.75) is 32.0 Å². The van der Waals surface area contributed by atoms with E-state index in [-0.39, 0.29) is 35.9 Å². The summed E-state index contributed by atoms with van der Waals surface area (Å²) in [5, 5.41) is 2.92. The van der Waals surface area contributed by atoms with E-state index in [1.54, 1.807) is 11.0 Å². The van der Waals surface area contributed by atoms with E-state index in [4.69, 9.17) is 9.47 Å². The normalized spacial score (nSPS) is 17.1. The Hall–Kier alpha value is -3.87. The predicted octanol–water partition coefficient (Wildman–Crippen LogP) is 5.24. The summed E-state index contributed by atoms with van der Waals surface area (Å²) in [6.07, 6.45) is -0.0372. The lowest BCUT2D eigenvalue weighted by Gasteiger charge is -2.39. The molecule has 0 aromatic heterocycles. The number of carbonyl (C=O) groups excluding carboxylic acids is 2. The van der Waals surface area contributed by atoms with Crippen LogP contribution in [0.2, 0.25) is 0 Å². The number of alkyl carbamates (subject to hydrolysis) is 1. The van der Waals surface area contributed by atoms with Gasteiger partial charge in [-0.3, -0.25) is 4.79 Å². The third-order valence-electron chi connectivity index (χ3n) is 5.71. The molecule has 1 aliphatic rings. The van der Waals surface area contributed by atoms with Crippen LogP contribution in [0.15, 0.2) is 72.8 Å². The quantitative estimate of drug-likeness (QED) is 0.580. The topological polar surface area (TPSA) is 67.9 Å². The van der Waals surface area contributed by atoms with Crippen molar-refractivity contribution in [3.63, 3.8) is 0 Å². The lowest BCUT2D eigenvalue weighted by atomic mass is 9.91. The molecule has 2 atom stereocenters. The molecule has 2 amide bonds. The number of hydrogen-bond acceptors (Lipinski definition) is 4. The lowest BCUT2D eigenvalue weighted by Crippen LogP contribution is -2.46. The van der Waals surface area contributed by atoms with Gasteiger partial charge in [0.15, 0.2) is 11.6 Å². The molecule has 0 radical (unpaired) electrons. The fourth-order valence-electron chi connectivity index (χ4n) is 4.10. The van der Waals surface area contributed by atoms with E-state index in [0.717, 1.165) is 11.1 Å². The van der Waals surface area contributed by atoms with Crippen LogP contribution in [0, 0.1) is 5.82 Å². The molecule has 4 rings (SSSR count). The van der Waals surface area contributed by atoms with Gasteiger partial charge in [0.05, 0.1) is 13.2 Å². The average molecular weight is 448 g/mol. The number of ether oxygens (including phenoxy) is 2. The zero-order chi connectivity index (χ0) is 23.4. The van der Waals surface area contributed by atoms with Crippen LogP contribution in [0.25, 0.3) is 0 Å². The van der Waals surface area contributed by atoms with Crippen LogP contribution in [0.3, 0.4) is 0 Å². The van der Waals surface area contributed by atoms with Crippen LogP contribution in [0.1, 0.15) is 40.9 Å².